The summed E-state index contributed by atoms with van der Waals surface area (Å²) in [5.41, 5.74) is 7.06. The van der Waals surface area contributed by atoms with Crippen molar-refractivity contribution in [3.8, 4) is 6.07 Å². The lowest BCUT2D eigenvalue weighted by Gasteiger charge is -2.31. The average molecular weight is 229 g/mol. The Morgan fingerprint density at radius 1 is 1.41 bits per heavy atom. The van der Waals surface area contributed by atoms with Crippen molar-refractivity contribution in [3.63, 3.8) is 0 Å². The lowest BCUT2D eigenvalue weighted by molar-refractivity contribution is 0.206. The van der Waals surface area contributed by atoms with Gasteiger partial charge in [0.2, 0.25) is 0 Å². The predicted molar refractivity (Wildman–Crippen MR) is 68.4 cm³/mol. The summed E-state index contributed by atoms with van der Waals surface area (Å²) in [6.45, 7) is 2.79. The predicted octanol–water partition coefficient (Wildman–Crippen LogP) is 1.72. The van der Waals surface area contributed by atoms with Gasteiger partial charge in [0.15, 0.2) is 0 Å². The van der Waals surface area contributed by atoms with Crippen LogP contribution in [-0.4, -0.2) is 30.6 Å². The number of hydrogen-bond acceptors (Lipinski definition) is 3. The van der Waals surface area contributed by atoms with Crippen LogP contribution >= 0.6 is 0 Å². The van der Waals surface area contributed by atoms with E-state index >= 15 is 0 Å². The first kappa shape index (κ1) is 12.1. The van der Waals surface area contributed by atoms with Gasteiger partial charge in [-0.1, -0.05) is 30.3 Å². The van der Waals surface area contributed by atoms with Crippen molar-refractivity contribution in [1.29, 1.82) is 5.26 Å². The highest BCUT2D eigenvalue weighted by Gasteiger charge is 2.20. The molecule has 0 spiro atoms. The third-order valence-electron chi connectivity index (χ3n) is 3.34. The summed E-state index contributed by atoms with van der Waals surface area (Å²) in [6, 6.07) is 12.7. The van der Waals surface area contributed by atoms with E-state index in [0.717, 1.165) is 38.0 Å². The molecule has 0 radical (unpaired) electrons. The van der Waals surface area contributed by atoms with E-state index in [0.29, 0.717) is 0 Å². The van der Waals surface area contributed by atoms with Crippen molar-refractivity contribution in [2.75, 3.05) is 19.6 Å². The molecule has 1 aromatic carbocycles. The van der Waals surface area contributed by atoms with Crippen LogP contribution in [0.5, 0.6) is 0 Å². The van der Waals surface area contributed by atoms with Gasteiger partial charge in [-0.05, 0) is 24.9 Å². The minimum absolute atomic E-state index is 0.0403. The van der Waals surface area contributed by atoms with E-state index < -0.39 is 0 Å². The summed E-state index contributed by atoms with van der Waals surface area (Å²) < 4.78 is 0. The highest BCUT2D eigenvalue weighted by Crippen LogP contribution is 2.18. The fourth-order valence-electron chi connectivity index (χ4n) is 2.42. The molecule has 0 amide bonds. The van der Waals surface area contributed by atoms with Crippen LogP contribution in [0.3, 0.4) is 0 Å². The van der Waals surface area contributed by atoms with E-state index in [2.05, 4.69) is 11.0 Å². The SMILES string of the molecule is N#CC(CN1CCC[C@@H](N)C1)c1ccccc1. The van der Waals surface area contributed by atoms with Gasteiger partial charge >= 0.3 is 0 Å². The van der Waals surface area contributed by atoms with Crippen LogP contribution in [0.25, 0.3) is 0 Å². The normalized spacial score (nSPS) is 22.9. The molecular formula is C14H19N3. The molecule has 17 heavy (non-hydrogen) atoms. The molecule has 1 saturated heterocycles. The minimum atomic E-state index is -0.0403. The van der Waals surface area contributed by atoms with Crippen LogP contribution in [0.1, 0.15) is 24.3 Å². The molecule has 1 heterocycles. The Bertz CT molecular complexity index is 382. The van der Waals surface area contributed by atoms with Gasteiger partial charge in [-0.2, -0.15) is 5.26 Å². The Labute approximate surface area is 103 Å². The number of benzene rings is 1. The largest absolute Gasteiger partial charge is 0.327 e. The summed E-state index contributed by atoms with van der Waals surface area (Å²) >= 11 is 0. The topological polar surface area (TPSA) is 53.0 Å². The quantitative estimate of drug-likeness (QED) is 0.858. The molecule has 3 nitrogen and oxygen atoms in total. The van der Waals surface area contributed by atoms with Crippen molar-refractivity contribution >= 4 is 0 Å². The van der Waals surface area contributed by atoms with Crippen molar-refractivity contribution in [3.05, 3.63) is 35.9 Å². The van der Waals surface area contributed by atoms with Gasteiger partial charge < -0.3 is 10.6 Å². The third kappa shape index (κ3) is 3.29. The number of nitriles is 1. The van der Waals surface area contributed by atoms with Gasteiger partial charge in [0.25, 0.3) is 0 Å². The number of hydrogen-bond donors (Lipinski definition) is 1. The zero-order chi connectivity index (χ0) is 12.1. The van der Waals surface area contributed by atoms with Gasteiger partial charge in [0, 0.05) is 19.1 Å². The van der Waals surface area contributed by atoms with Crippen LogP contribution in [0.15, 0.2) is 30.3 Å². The molecule has 1 aromatic rings. The monoisotopic (exact) mass is 229 g/mol. The molecular weight excluding hydrogens is 210 g/mol. The minimum Gasteiger partial charge on any atom is -0.327 e. The van der Waals surface area contributed by atoms with Crippen molar-refractivity contribution in [2.24, 2.45) is 5.73 Å². The Morgan fingerprint density at radius 2 is 2.18 bits per heavy atom. The average Bonchev–Trinajstić information content (AvgIpc) is 2.37. The smallest absolute Gasteiger partial charge is 0.0839 e. The highest BCUT2D eigenvalue weighted by molar-refractivity contribution is 5.25. The summed E-state index contributed by atoms with van der Waals surface area (Å²) in [6.07, 6.45) is 2.26. The second-order valence-corrected chi connectivity index (χ2v) is 4.75. The summed E-state index contributed by atoms with van der Waals surface area (Å²) in [4.78, 5) is 2.31. The van der Waals surface area contributed by atoms with Crippen LogP contribution in [0, 0.1) is 11.3 Å². The molecule has 0 aromatic heterocycles. The maximum Gasteiger partial charge on any atom is 0.0839 e. The molecule has 1 aliphatic heterocycles. The summed E-state index contributed by atoms with van der Waals surface area (Å²) in [5.74, 6) is -0.0403. The van der Waals surface area contributed by atoms with E-state index in [1.165, 1.54) is 0 Å². The number of rotatable bonds is 3. The first-order valence-electron chi connectivity index (χ1n) is 6.22. The van der Waals surface area contributed by atoms with E-state index in [-0.39, 0.29) is 12.0 Å². The van der Waals surface area contributed by atoms with Crippen LogP contribution in [0.4, 0.5) is 0 Å². The second-order valence-electron chi connectivity index (χ2n) is 4.75. The summed E-state index contributed by atoms with van der Waals surface area (Å²) in [7, 11) is 0. The zero-order valence-electron chi connectivity index (χ0n) is 10.0. The van der Waals surface area contributed by atoms with Crippen LogP contribution in [-0.2, 0) is 0 Å². The van der Waals surface area contributed by atoms with Gasteiger partial charge in [-0.15, -0.1) is 0 Å². The van der Waals surface area contributed by atoms with Gasteiger partial charge in [-0.25, -0.2) is 0 Å². The maximum absolute atomic E-state index is 9.27. The fourth-order valence-corrected chi connectivity index (χ4v) is 2.42. The number of likely N-dealkylation sites (tertiary alicyclic amines) is 1. The van der Waals surface area contributed by atoms with Gasteiger partial charge in [0.05, 0.1) is 12.0 Å². The Morgan fingerprint density at radius 3 is 2.82 bits per heavy atom. The molecule has 3 heteroatoms. The van der Waals surface area contributed by atoms with E-state index in [1.807, 2.05) is 30.3 Å². The number of nitrogens with zero attached hydrogens (tertiary/aromatic N) is 2. The van der Waals surface area contributed by atoms with Crippen LogP contribution < -0.4 is 5.73 Å². The van der Waals surface area contributed by atoms with Gasteiger partial charge in [0.1, 0.15) is 0 Å². The Balaban J connectivity index is 1.99. The van der Waals surface area contributed by atoms with Gasteiger partial charge in [-0.3, -0.25) is 0 Å². The van der Waals surface area contributed by atoms with Crippen molar-refractivity contribution in [2.45, 2.75) is 24.8 Å². The number of piperidine rings is 1. The van der Waals surface area contributed by atoms with Crippen LogP contribution in [0.2, 0.25) is 0 Å². The second kappa shape index (κ2) is 5.81. The molecule has 90 valence electrons. The molecule has 2 atom stereocenters. The van der Waals surface area contributed by atoms with E-state index in [4.69, 9.17) is 5.73 Å². The molecule has 1 unspecified atom stereocenters. The first-order valence-corrected chi connectivity index (χ1v) is 6.22. The first-order chi connectivity index (χ1) is 8.29. The standard InChI is InChI=1S/C14H19N3/c15-9-13(12-5-2-1-3-6-12)10-17-8-4-7-14(16)11-17/h1-3,5-6,13-14H,4,7-8,10-11,16H2/t13?,14-/m1/s1. The van der Waals surface area contributed by atoms with Crippen molar-refractivity contribution in [1.82, 2.24) is 4.90 Å². The molecule has 0 saturated carbocycles. The highest BCUT2D eigenvalue weighted by atomic mass is 15.1. The third-order valence-corrected chi connectivity index (χ3v) is 3.34. The zero-order valence-corrected chi connectivity index (χ0v) is 10.0. The Kier molecular flexibility index (Phi) is 4.13. The molecule has 2 N–H and O–H groups in total. The van der Waals surface area contributed by atoms with Crippen molar-refractivity contribution < 1.29 is 0 Å². The molecule has 0 aliphatic carbocycles. The molecule has 1 fully saturated rings. The lowest BCUT2D eigenvalue weighted by atomic mass is 9.98. The summed E-state index contributed by atoms with van der Waals surface area (Å²) in [5, 5.41) is 9.27. The fraction of sp³-hybridized carbons (Fsp3) is 0.500. The maximum atomic E-state index is 9.27. The molecule has 2 rings (SSSR count). The molecule has 0 bridgehead atoms. The Hall–Kier alpha value is -1.37. The lowest BCUT2D eigenvalue weighted by Crippen LogP contribution is -2.44. The van der Waals surface area contributed by atoms with E-state index in [9.17, 15) is 5.26 Å². The van der Waals surface area contributed by atoms with E-state index in [1.54, 1.807) is 0 Å². The number of nitrogens with two attached hydrogens (primary N) is 1. The molecule has 1 aliphatic rings.